The van der Waals surface area contributed by atoms with E-state index in [1.807, 2.05) is 7.05 Å². The third kappa shape index (κ3) is 8.05. The van der Waals surface area contributed by atoms with Crippen LogP contribution in [0.5, 0.6) is 0 Å². The second-order valence-corrected chi connectivity index (χ2v) is 9.90. The van der Waals surface area contributed by atoms with Gasteiger partial charge in [0.2, 0.25) is 0 Å². The van der Waals surface area contributed by atoms with Crippen molar-refractivity contribution in [2.45, 2.75) is 85.0 Å². The van der Waals surface area contributed by atoms with Gasteiger partial charge in [0.1, 0.15) is 0 Å². The lowest BCUT2D eigenvalue weighted by Crippen LogP contribution is -2.51. The molecular weight excluding hydrogens is 453 g/mol. The average molecular weight is 495 g/mol. The molecule has 0 aliphatic carbocycles. The minimum absolute atomic E-state index is 0. The minimum Gasteiger partial charge on any atom is -0.377 e. The predicted molar refractivity (Wildman–Crippen MR) is 124 cm³/mol. The highest BCUT2D eigenvalue weighted by Gasteiger charge is 2.35. The molecule has 2 heterocycles. The molecule has 5 nitrogen and oxygen atoms in total. The van der Waals surface area contributed by atoms with Crippen LogP contribution in [0.25, 0.3) is 0 Å². The van der Waals surface area contributed by atoms with E-state index in [0.29, 0.717) is 18.1 Å². The monoisotopic (exact) mass is 495 g/mol. The van der Waals surface area contributed by atoms with Crippen LogP contribution in [0.3, 0.4) is 0 Å². The van der Waals surface area contributed by atoms with Gasteiger partial charge in [-0.1, -0.05) is 20.8 Å². The van der Waals surface area contributed by atoms with Crippen LogP contribution in [-0.2, 0) is 9.47 Å². The standard InChI is InChI=1S/C21H41N3O2.HI/c1-20(2,3)18-16(9-8-14-25-18)15-23-19(22-7)24-12-10-17(11-13-24)26-21(4,5)6;/h16-18H,8-15H2,1-7H3,(H,22,23);1H. The highest BCUT2D eigenvalue weighted by Crippen LogP contribution is 2.33. The molecule has 0 bridgehead atoms. The molecule has 0 aromatic heterocycles. The first-order valence-corrected chi connectivity index (χ1v) is 10.3. The Balaban J connectivity index is 0.00000364. The molecule has 2 rings (SSSR count). The van der Waals surface area contributed by atoms with Gasteiger partial charge in [0, 0.05) is 39.2 Å². The summed E-state index contributed by atoms with van der Waals surface area (Å²) in [5.41, 5.74) is 0.120. The number of rotatable bonds is 3. The highest BCUT2D eigenvalue weighted by molar-refractivity contribution is 14.0. The van der Waals surface area contributed by atoms with Crippen molar-refractivity contribution in [1.82, 2.24) is 10.2 Å². The van der Waals surface area contributed by atoms with Crippen molar-refractivity contribution < 1.29 is 9.47 Å². The molecule has 6 heteroatoms. The Labute approximate surface area is 184 Å². The maximum absolute atomic E-state index is 6.14. The summed E-state index contributed by atoms with van der Waals surface area (Å²) >= 11 is 0. The molecule has 0 radical (unpaired) electrons. The van der Waals surface area contributed by atoms with E-state index in [1.54, 1.807) is 0 Å². The Bertz CT molecular complexity index is 463. The van der Waals surface area contributed by atoms with Gasteiger partial charge in [-0.3, -0.25) is 4.99 Å². The maximum atomic E-state index is 6.14. The summed E-state index contributed by atoms with van der Waals surface area (Å²) in [4.78, 5) is 6.91. The quantitative estimate of drug-likeness (QED) is 0.360. The summed E-state index contributed by atoms with van der Waals surface area (Å²) in [7, 11) is 1.89. The second-order valence-electron chi connectivity index (χ2n) is 9.90. The fourth-order valence-corrected chi connectivity index (χ4v) is 4.25. The lowest BCUT2D eigenvalue weighted by atomic mass is 9.78. The van der Waals surface area contributed by atoms with Crippen molar-refractivity contribution in [3.8, 4) is 0 Å². The molecule has 0 aromatic carbocycles. The SMILES string of the molecule is CN=C(NCC1CCCOC1C(C)(C)C)N1CCC(OC(C)(C)C)CC1.I. The zero-order chi connectivity index (χ0) is 19.4. The van der Waals surface area contributed by atoms with Crippen LogP contribution in [0.15, 0.2) is 4.99 Å². The van der Waals surface area contributed by atoms with E-state index in [-0.39, 0.29) is 35.0 Å². The van der Waals surface area contributed by atoms with E-state index in [0.717, 1.165) is 51.5 Å². The summed E-state index contributed by atoms with van der Waals surface area (Å²) in [5, 5.41) is 3.63. The number of nitrogens with one attached hydrogen (secondary N) is 1. The summed E-state index contributed by atoms with van der Waals surface area (Å²) in [6, 6.07) is 0. The molecule has 1 N–H and O–H groups in total. The van der Waals surface area contributed by atoms with Gasteiger partial charge >= 0.3 is 0 Å². The van der Waals surface area contributed by atoms with Gasteiger partial charge in [0.05, 0.1) is 17.8 Å². The number of ether oxygens (including phenoxy) is 2. The summed E-state index contributed by atoms with van der Waals surface area (Å²) in [5.74, 6) is 1.57. The molecule has 2 fully saturated rings. The molecule has 2 aliphatic rings. The molecular formula is C21H42IN3O2. The van der Waals surface area contributed by atoms with Crippen molar-refractivity contribution in [3.63, 3.8) is 0 Å². The van der Waals surface area contributed by atoms with Gasteiger partial charge in [0.25, 0.3) is 0 Å². The van der Waals surface area contributed by atoms with Gasteiger partial charge in [-0.25, -0.2) is 0 Å². The number of hydrogen-bond donors (Lipinski definition) is 1. The molecule has 2 aliphatic heterocycles. The lowest BCUT2D eigenvalue weighted by molar-refractivity contribution is -0.0840. The number of guanidine groups is 1. The number of likely N-dealkylation sites (tertiary alicyclic amines) is 1. The van der Waals surface area contributed by atoms with Gasteiger partial charge in [-0.05, 0) is 51.9 Å². The van der Waals surface area contributed by atoms with Crippen LogP contribution < -0.4 is 5.32 Å². The molecule has 27 heavy (non-hydrogen) atoms. The van der Waals surface area contributed by atoms with Crippen LogP contribution in [0.4, 0.5) is 0 Å². The van der Waals surface area contributed by atoms with Crippen molar-refractivity contribution in [2.24, 2.45) is 16.3 Å². The number of piperidine rings is 1. The van der Waals surface area contributed by atoms with Gasteiger partial charge in [-0.2, -0.15) is 0 Å². The van der Waals surface area contributed by atoms with E-state index < -0.39 is 0 Å². The number of aliphatic imine (C=N–C) groups is 1. The van der Waals surface area contributed by atoms with Crippen LogP contribution in [0.2, 0.25) is 0 Å². The summed E-state index contributed by atoms with van der Waals surface area (Å²) in [6.07, 6.45) is 5.19. The number of nitrogens with zero attached hydrogens (tertiary/aromatic N) is 2. The zero-order valence-electron chi connectivity index (χ0n) is 18.5. The summed E-state index contributed by atoms with van der Waals surface area (Å²) in [6.45, 7) is 17.1. The lowest BCUT2D eigenvalue weighted by Gasteiger charge is -2.41. The predicted octanol–water partition coefficient (Wildman–Crippen LogP) is 4.30. The first-order valence-electron chi connectivity index (χ1n) is 10.3. The maximum Gasteiger partial charge on any atom is 0.193 e. The summed E-state index contributed by atoms with van der Waals surface area (Å²) < 4.78 is 12.3. The van der Waals surface area contributed by atoms with E-state index >= 15 is 0 Å². The largest absolute Gasteiger partial charge is 0.377 e. The van der Waals surface area contributed by atoms with Gasteiger partial charge in [0.15, 0.2) is 5.96 Å². The Hall–Kier alpha value is -0.0800. The van der Waals surface area contributed by atoms with Crippen LogP contribution in [-0.4, -0.2) is 62.0 Å². The first-order chi connectivity index (χ1) is 12.1. The fraction of sp³-hybridized carbons (Fsp3) is 0.952. The molecule has 2 unspecified atom stereocenters. The van der Waals surface area contributed by atoms with E-state index in [9.17, 15) is 0 Å². The molecule has 0 aromatic rings. The van der Waals surface area contributed by atoms with Crippen molar-refractivity contribution >= 4 is 29.9 Å². The molecule has 0 spiro atoms. The van der Waals surface area contributed by atoms with Crippen molar-refractivity contribution in [3.05, 3.63) is 0 Å². The average Bonchev–Trinajstić information content (AvgIpc) is 2.55. The molecule has 2 saturated heterocycles. The topological polar surface area (TPSA) is 46.1 Å². The number of hydrogen-bond acceptors (Lipinski definition) is 3. The van der Waals surface area contributed by atoms with Crippen LogP contribution in [0.1, 0.15) is 67.2 Å². The third-order valence-corrected chi connectivity index (χ3v) is 5.29. The minimum atomic E-state index is -0.0598. The van der Waals surface area contributed by atoms with Crippen molar-refractivity contribution in [1.29, 1.82) is 0 Å². The Morgan fingerprint density at radius 1 is 1.11 bits per heavy atom. The second kappa shape index (κ2) is 10.6. The smallest absolute Gasteiger partial charge is 0.193 e. The highest BCUT2D eigenvalue weighted by atomic mass is 127. The van der Waals surface area contributed by atoms with Gasteiger partial charge < -0.3 is 19.7 Å². The van der Waals surface area contributed by atoms with Crippen LogP contribution in [0, 0.1) is 11.3 Å². The van der Waals surface area contributed by atoms with Crippen molar-refractivity contribution in [2.75, 3.05) is 33.3 Å². The van der Waals surface area contributed by atoms with E-state index in [1.165, 1.54) is 6.42 Å². The molecule has 2 atom stereocenters. The van der Waals surface area contributed by atoms with E-state index in [2.05, 4.69) is 56.8 Å². The Kier molecular flexibility index (Phi) is 9.82. The number of halogens is 1. The molecule has 0 saturated carbocycles. The van der Waals surface area contributed by atoms with E-state index in [4.69, 9.17) is 9.47 Å². The fourth-order valence-electron chi connectivity index (χ4n) is 4.25. The first kappa shape index (κ1) is 25.0. The Morgan fingerprint density at radius 2 is 1.74 bits per heavy atom. The van der Waals surface area contributed by atoms with Crippen LogP contribution >= 0.6 is 24.0 Å². The Morgan fingerprint density at radius 3 is 2.26 bits per heavy atom. The normalized spacial score (nSPS) is 25.9. The molecule has 160 valence electrons. The third-order valence-electron chi connectivity index (χ3n) is 5.29. The zero-order valence-corrected chi connectivity index (χ0v) is 20.8. The van der Waals surface area contributed by atoms with Gasteiger partial charge in [-0.15, -0.1) is 24.0 Å². The molecule has 0 amide bonds.